The van der Waals surface area contributed by atoms with Gasteiger partial charge >= 0.3 is 0 Å². The van der Waals surface area contributed by atoms with Gasteiger partial charge in [-0.25, -0.2) is 23.3 Å². The zero-order valence-corrected chi connectivity index (χ0v) is 13.4. The molecule has 3 aromatic heterocycles. The van der Waals surface area contributed by atoms with Crippen molar-refractivity contribution in [3.05, 3.63) is 60.7 Å². The monoisotopic (exact) mass is 350 g/mol. The summed E-state index contributed by atoms with van der Waals surface area (Å²) in [5.41, 5.74) is 3.02. The molecule has 0 saturated carbocycles. The van der Waals surface area contributed by atoms with E-state index >= 15 is 0 Å². The normalized spacial score (nSPS) is 11.2. The minimum Gasteiger partial charge on any atom is -0.323 e. The highest BCUT2D eigenvalue weighted by Crippen LogP contribution is 2.30. The number of rotatable bonds is 4. The fourth-order valence-corrected chi connectivity index (χ4v) is 2.82. The molecule has 0 aliphatic carbocycles. The van der Waals surface area contributed by atoms with Gasteiger partial charge < -0.3 is 4.57 Å². The first-order valence-electron chi connectivity index (χ1n) is 7.81. The fraction of sp³-hybridized carbons (Fsp3) is 0.111. The zero-order chi connectivity index (χ0) is 18.1. The summed E-state index contributed by atoms with van der Waals surface area (Å²) in [6.07, 6.45) is 0.272. The standard InChI is InChI=1S/C18H12F2N6/c19-15(20)10-25-11-23-17(12-4-2-1-3-5-12)18(25)14-6-7-16-22-9-13(8-21)26(16)24-14/h1-7,9,11,15H,10H2. The number of imidazole rings is 2. The molecule has 0 saturated heterocycles. The van der Waals surface area contributed by atoms with Crippen molar-refractivity contribution in [2.45, 2.75) is 13.0 Å². The molecule has 128 valence electrons. The van der Waals surface area contributed by atoms with E-state index in [1.165, 1.54) is 21.6 Å². The van der Waals surface area contributed by atoms with Crippen LogP contribution in [-0.2, 0) is 6.54 Å². The van der Waals surface area contributed by atoms with Gasteiger partial charge in [-0.15, -0.1) is 0 Å². The van der Waals surface area contributed by atoms with Crippen LogP contribution >= 0.6 is 0 Å². The molecule has 0 atom stereocenters. The highest BCUT2D eigenvalue weighted by Gasteiger charge is 2.19. The molecular weight excluding hydrogens is 338 g/mol. The van der Waals surface area contributed by atoms with Crippen LogP contribution in [0.4, 0.5) is 8.78 Å². The summed E-state index contributed by atoms with van der Waals surface area (Å²) in [4.78, 5) is 8.42. The topological polar surface area (TPSA) is 71.8 Å². The molecule has 0 aliphatic heterocycles. The van der Waals surface area contributed by atoms with E-state index in [0.717, 1.165) is 5.56 Å². The van der Waals surface area contributed by atoms with Gasteiger partial charge in [0.25, 0.3) is 6.43 Å². The number of fused-ring (bicyclic) bond motifs is 1. The Labute approximate surface area is 147 Å². The number of hydrogen-bond acceptors (Lipinski definition) is 4. The van der Waals surface area contributed by atoms with Crippen molar-refractivity contribution in [2.75, 3.05) is 0 Å². The maximum Gasteiger partial charge on any atom is 0.256 e. The van der Waals surface area contributed by atoms with Crippen molar-refractivity contribution in [1.82, 2.24) is 24.1 Å². The van der Waals surface area contributed by atoms with E-state index in [1.54, 1.807) is 12.1 Å². The number of alkyl halides is 2. The van der Waals surface area contributed by atoms with Crippen LogP contribution in [0.1, 0.15) is 5.69 Å². The lowest BCUT2D eigenvalue weighted by atomic mass is 10.1. The highest BCUT2D eigenvalue weighted by molar-refractivity contribution is 5.77. The van der Waals surface area contributed by atoms with Crippen molar-refractivity contribution >= 4 is 5.65 Å². The second kappa shape index (κ2) is 6.37. The van der Waals surface area contributed by atoms with E-state index in [0.29, 0.717) is 22.7 Å². The van der Waals surface area contributed by atoms with E-state index in [4.69, 9.17) is 0 Å². The van der Waals surface area contributed by atoms with Crippen molar-refractivity contribution < 1.29 is 8.78 Å². The highest BCUT2D eigenvalue weighted by atomic mass is 19.3. The van der Waals surface area contributed by atoms with Gasteiger partial charge in [-0.2, -0.15) is 10.4 Å². The molecule has 6 nitrogen and oxygen atoms in total. The first-order chi connectivity index (χ1) is 12.7. The summed E-state index contributed by atoms with van der Waals surface area (Å²) in [6, 6.07) is 14.7. The third-order valence-electron chi connectivity index (χ3n) is 3.94. The number of benzene rings is 1. The van der Waals surface area contributed by atoms with E-state index in [9.17, 15) is 14.0 Å². The minimum absolute atomic E-state index is 0.267. The predicted octanol–water partition coefficient (Wildman–Crippen LogP) is 3.40. The van der Waals surface area contributed by atoms with Gasteiger partial charge in [0.05, 0.1) is 30.5 Å². The third kappa shape index (κ3) is 2.69. The van der Waals surface area contributed by atoms with E-state index in [2.05, 4.69) is 15.1 Å². The molecule has 0 amide bonds. The predicted molar refractivity (Wildman–Crippen MR) is 90.4 cm³/mol. The number of halogens is 2. The zero-order valence-electron chi connectivity index (χ0n) is 13.4. The molecule has 3 heterocycles. The van der Waals surface area contributed by atoms with Gasteiger partial charge in [-0.05, 0) is 12.1 Å². The smallest absolute Gasteiger partial charge is 0.256 e. The van der Waals surface area contributed by atoms with Crippen LogP contribution in [-0.4, -0.2) is 30.6 Å². The Hall–Kier alpha value is -3.60. The first kappa shape index (κ1) is 15.9. The van der Waals surface area contributed by atoms with Crippen molar-refractivity contribution in [3.8, 4) is 28.7 Å². The summed E-state index contributed by atoms with van der Waals surface area (Å²) < 4.78 is 28.8. The third-order valence-corrected chi connectivity index (χ3v) is 3.94. The molecule has 0 bridgehead atoms. The Balaban J connectivity index is 1.94. The van der Waals surface area contributed by atoms with Gasteiger partial charge in [0.15, 0.2) is 11.3 Å². The maximum atomic E-state index is 13.0. The lowest BCUT2D eigenvalue weighted by Crippen LogP contribution is -2.08. The Morgan fingerprint density at radius 1 is 1.08 bits per heavy atom. The average Bonchev–Trinajstić information content (AvgIpc) is 3.25. The van der Waals surface area contributed by atoms with Crippen LogP contribution < -0.4 is 0 Å². The molecule has 0 aliphatic rings. The molecule has 0 radical (unpaired) electrons. The van der Waals surface area contributed by atoms with Crippen LogP contribution in [0.3, 0.4) is 0 Å². The van der Waals surface area contributed by atoms with Crippen LogP contribution in [0.2, 0.25) is 0 Å². The summed E-state index contributed by atoms with van der Waals surface area (Å²) in [6.45, 7) is -0.496. The second-order valence-corrected chi connectivity index (χ2v) is 5.60. The molecule has 0 fully saturated rings. The van der Waals surface area contributed by atoms with Gasteiger partial charge in [-0.3, -0.25) is 0 Å². The van der Waals surface area contributed by atoms with Crippen LogP contribution in [0.5, 0.6) is 0 Å². The first-order valence-corrected chi connectivity index (χ1v) is 7.81. The summed E-state index contributed by atoms with van der Waals surface area (Å²) in [5, 5.41) is 13.6. The van der Waals surface area contributed by atoms with Gasteiger partial charge in [0, 0.05) is 5.56 Å². The minimum atomic E-state index is -2.53. The van der Waals surface area contributed by atoms with Crippen molar-refractivity contribution in [2.24, 2.45) is 0 Å². The molecule has 1 aromatic carbocycles. The quantitative estimate of drug-likeness (QED) is 0.565. The van der Waals surface area contributed by atoms with Crippen LogP contribution in [0.15, 0.2) is 55.0 Å². The molecule has 0 N–H and O–H groups in total. The molecule has 26 heavy (non-hydrogen) atoms. The Bertz CT molecular complexity index is 1110. The lowest BCUT2D eigenvalue weighted by molar-refractivity contribution is 0.127. The van der Waals surface area contributed by atoms with Crippen molar-refractivity contribution in [1.29, 1.82) is 5.26 Å². The fourth-order valence-electron chi connectivity index (χ4n) is 2.82. The Kier molecular flexibility index (Phi) is 3.89. The van der Waals surface area contributed by atoms with Gasteiger partial charge in [0.2, 0.25) is 0 Å². The number of nitrogens with zero attached hydrogens (tertiary/aromatic N) is 6. The molecule has 0 unspecified atom stereocenters. The van der Waals surface area contributed by atoms with Gasteiger partial charge in [-0.1, -0.05) is 30.3 Å². The molecule has 4 rings (SSSR count). The lowest BCUT2D eigenvalue weighted by Gasteiger charge is -2.10. The summed E-state index contributed by atoms with van der Waals surface area (Å²) >= 11 is 0. The van der Waals surface area contributed by atoms with Crippen molar-refractivity contribution in [3.63, 3.8) is 0 Å². The Morgan fingerprint density at radius 3 is 2.62 bits per heavy atom. The van der Waals surface area contributed by atoms with E-state index in [1.807, 2.05) is 36.4 Å². The molecule has 8 heteroatoms. The van der Waals surface area contributed by atoms with Crippen LogP contribution in [0, 0.1) is 11.3 Å². The number of nitriles is 1. The number of hydrogen-bond donors (Lipinski definition) is 0. The average molecular weight is 350 g/mol. The molecule has 0 spiro atoms. The SMILES string of the molecule is N#Cc1cnc2ccc(-c3c(-c4ccccc4)ncn3CC(F)F)nn12. The maximum absolute atomic E-state index is 13.0. The number of aromatic nitrogens is 5. The summed E-state index contributed by atoms with van der Waals surface area (Å²) in [7, 11) is 0. The van der Waals surface area contributed by atoms with E-state index < -0.39 is 13.0 Å². The molecule has 4 aromatic rings. The second-order valence-electron chi connectivity index (χ2n) is 5.60. The largest absolute Gasteiger partial charge is 0.323 e. The Morgan fingerprint density at radius 2 is 1.88 bits per heavy atom. The van der Waals surface area contributed by atoms with Crippen LogP contribution in [0.25, 0.3) is 28.3 Å². The summed E-state index contributed by atoms with van der Waals surface area (Å²) in [5.74, 6) is 0. The van der Waals surface area contributed by atoms with Gasteiger partial charge in [0.1, 0.15) is 11.8 Å². The van der Waals surface area contributed by atoms with E-state index in [-0.39, 0.29) is 5.69 Å². The molecular formula is C18H12F2N6.